The first kappa shape index (κ1) is 27.0. The zero-order valence-corrected chi connectivity index (χ0v) is 22.0. The summed E-state index contributed by atoms with van der Waals surface area (Å²) in [4.78, 5) is 27.3. The SMILES string of the molecule is C[n+]1ccc(CNC(=O)[C@@H](NC(=O)C(Cc2ccc(C(=N)N)cc2)c2ccccc2)C2CCCCC2)cc1. The maximum Gasteiger partial charge on any atom is 0.243 e. The molecule has 2 aromatic carbocycles. The Labute approximate surface area is 225 Å². The standard InChI is InChI=1S/C31H37N5O2/c1-36-18-16-23(17-19-36)21-34-31(38)28(25-10-6-3-7-11-25)35-30(37)27(24-8-4-2-5-9-24)20-22-12-14-26(15-13-22)29(32)33/h2,4-5,8-9,12-19,25,27-28H,3,6-7,10-11,20-21H2,1H3,(H4-,32,33,34,35,37,38)/p+1/t27?,28-/m0/s1. The van der Waals surface area contributed by atoms with Crippen LogP contribution in [-0.4, -0.2) is 23.7 Å². The molecule has 7 nitrogen and oxygen atoms in total. The molecule has 1 aliphatic carbocycles. The molecule has 0 saturated heterocycles. The highest BCUT2D eigenvalue weighted by Crippen LogP contribution is 2.28. The highest BCUT2D eigenvalue weighted by Gasteiger charge is 2.33. The molecule has 1 heterocycles. The van der Waals surface area contributed by atoms with Crippen molar-refractivity contribution in [2.45, 2.75) is 57.0 Å². The lowest BCUT2D eigenvalue weighted by atomic mass is 9.82. The lowest BCUT2D eigenvalue weighted by Crippen LogP contribution is -2.52. The summed E-state index contributed by atoms with van der Waals surface area (Å²) in [6, 6.07) is 20.5. The molecule has 0 aliphatic heterocycles. The number of amides is 2. The molecule has 2 atom stereocenters. The second-order valence-electron chi connectivity index (χ2n) is 10.3. The quantitative estimate of drug-likeness (QED) is 0.189. The Balaban J connectivity index is 1.53. The number of carbonyl (C=O) groups is 2. The minimum absolute atomic E-state index is 0.0135. The van der Waals surface area contributed by atoms with Gasteiger partial charge in [0.15, 0.2) is 12.4 Å². The minimum Gasteiger partial charge on any atom is -0.384 e. The fraction of sp³-hybridized carbons (Fsp3) is 0.355. The molecule has 0 bridgehead atoms. The normalized spacial score (nSPS) is 15.3. The van der Waals surface area contributed by atoms with Crippen LogP contribution in [0.1, 0.15) is 60.3 Å². The van der Waals surface area contributed by atoms with Gasteiger partial charge in [-0.1, -0.05) is 73.9 Å². The van der Waals surface area contributed by atoms with Crippen LogP contribution < -0.4 is 20.9 Å². The molecule has 5 N–H and O–H groups in total. The third-order valence-corrected chi connectivity index (χ3v) is 7.44. The fourth-order valence-corrected chi connectivity index (χ4v) is 5.17. The van der Waals surface area contributed by atoms with Crippen molar-refractivity contribution in [1.82, 2.24) is 10.6 Å². The van der Waals surface area contributed by atoms with Crippen LogP contribution in [0.15, 0.2) is 79.1 Å². The van der Waals surface area contributed by atoms with Gasteiger partial charge in [-0.3, -0.25) is 15.0 Å². The molecule has 38 heavy (non-hydrogen) atoms. The van der Waals surface area contributed by atoms with Gasteiger partial charge in [-0.25, -0.2) is 4.57 Å². The molecule has 1 saturated carbocycles. The monoisotopic (exact) mass is 512 g/mol. The van der Waals surface area contributed by atoms with Crippen molar-refractivity contribution in [3.05, 3.63) is 101 Å². The summed E-state index contributed by atoms with van der Waals surface area (Å²) in [5.74, 6) is -0.597. The van der Waals surface area contributed by atoms with Crippen LogP contribution >= 0.6 is 0 Å². The summed E-state index contributed by atoms with van der Waals surface area (Å²) >= 11 is 0. The van der Waals surface area contributed by atoms with E-state index in [0.717, 1.165) is 42.4 Å². The topological polar surface area (TPSA) is 112 Å². The number of carbonyl (C=O) groups excluding carboxylic acids is 2. The molecule has 1 unspecified atom stereocenters. The Morgan fingerprint density at radius 1 is 0.921 bits per heavy atom. The zero-order chi connectivity index (χ0) is 26.9. The number of amidine groups is 1. The molecule has 0 radical (unpaired) electrons. The zero-order valence-electron chi connectivity index (χ0n) is 22.0. The fourth-order valence-electron chi connectivity index (χ4n) is 5.17. The van der Waals surface area contributed by atoms with E-state index in [1.54, 1.807) is 12.1 Å². The van der Waals surface area contributed by atoms with E-state index in [1.165, 1.54) is 6.42 Å². The van der Waals surface area contributed by atoms with Crippen molar-refractivity contribution in [3.63, 3.8) is 0 Å². The van der Waals surface area contributed by atoms with E-state index in [4.69, 9.17) is 11.1 Å². The van der Waals surface area contributed by atoms with Gasteiger partial charge in [0.2, 0.25) is 11.8 Å². The maximum absolute atomic E-state index is 13.8. The average Bonchev–Trinajstić information content (AvgIpc) is 2.95. The summed E-state index contributed by atoms with van der Waals surface area (Å²) < 4.78 is 1.95. The molecule has 198 valence electrons. The van der Waals surface area contributed by atoms with Gasteiger partial charge in [0.05, 0.1) is 5.92 Å². The van der Waals surface area contributed by atoms with Crippen molar-refractivity contribution >= 4 is 17.6 Å². The van der Waals surface area contributed by atoms with Crippen LogP contribution in [0, 0.1) is 11.3 Å². The van der Waals surface area contributed by atoms with Gasteiger partial charge in [-0.15, -0.1) is 0 Å². The van der Waals surface area contributed by atoms with Gasteiger partial charge in [0, 0.05) is 24.2 Å². The molecule has 7 heteroatoms. The first-order chi connectivity index (χ1) is 18.4. The molecular weight excluding hydrogens is 474 g/mol. The number of hydrogen-bond donors (Lipinski definition) is 4. The van der Waals surface area contributed by atoms with E-state index in [0.29, 0.717) is 18.5 Å². The summed E-state index contributed by atoms with van der Waals surface area (Å²) in [5, 5.41) is 13.9. The Morgan fingerprint density at radius 2 is 1.58 bits per heavy atom. The van der Waals surface area contributed by atoms with Crippen molar-refractivity contribution < 1.29 is 14.2 Å². The van der Waals surface area contributed by atoms with Gasteiger partial charge in [-0.05, 0) is 41.9 Å². The van der Waals surface area contributed by atoms with Crippen molar-refractivity contribution in [2.24, 2.45) is 18.7 Å². The Bertz CT molecular complexity index is 1220. The number of benzene rings is 2. The van der Waals surface area contributed by atoms with E-state index in [-0.39, 0.29) is 23.6 Å². The van der Waals surface area contributed by atoms with E-state index in [1.807, 2.05) is 78.6 Å². The van der Waals surface area contributed by atoms with Gasteiger partial charge >= 0.3 is 0 Å². The lowest BCUT2D eigenvalue weighted by molar-refractivity contribution is -0.671. The number of pyridine rings is 1. The van der Waals surface area contributed by atoms with Crippen LogP contribution in [0.25, 0.3) is 0 Å². The van der Waals surface area contributed by atoms with E-state index in [2.05, 4.69) is 10.6 Å². The highest BCUT2D eigenvalue weighted by molar-refractivity contribution is 5.95. The van der Waals surface area contributed by atoms with Crippen LogP contribution in [-0.2, 0) is 29.6 Å². The second kappa shape index (κ2) is 13.0. The van der Waals surface area contributed by atoms with Gasteiger partial charge in [-0.2, -0.15) is 0 Å². The molecule has 1 aromatic heterocycles. The molecule has 4 rings (SSSR count). The molecular formula is C31H38N5O2+. The van der Waals surface area contributed by atoms with Gasteiger partial charge in [0.25, 0.3) is 0 Å². The number of nitrogens with one attached hydrogen (secondary N) is 3. The maximum atomic E-state index is 13.8. The minimum atomic E-state index is -0.575. The smallest absolute Gasteiger partial charge is 0.243 e. The van der Waals surface area contributed by atoms with Crippen molar-refractivity contribution in [1.29, 1.82) is 5.41 Å². The second-order valence-corrected chi connectivity index (χ2v) is 10.3. The number of nitrogens with zero attached hydrogens (tertiary/aromatic N) is 1. The number of nitrogens with two attached hydrogens (primary N) is 1. The number of aryl methyl sites for hydroxylation is 1. The van der Waals surface area contributed by atoms with E-state index in [9.17, 15) is 9.59 Å². The summed E-state index contributed by atoms with van der Waals surface area (Å²) in [6.45, 7) is 0.420. The molecule has 1 aliphatic rings. The predicted octanol–water partition coefficient (Wildman–Crippen LogP) is 3.50. The Hall–Kier alpha value is -4.00. The average molecular weight is 513 g/mol. The van der Waals surface area contributed by atoms with Gasteiger partial charge in [0.1, 0.15) is 18.9 Å². The first-order valence-corrected chi connectivity index (χ1v) is 13.4. The van der Waals surface area contributed by atoms with Crippen LogP contribution in [0.3, 0.4) is 0 Å². The molecule has 0 spiro atoms. The Kier molecular flexibility index (Phi) is 9.25. The summed E-state index contributed by atoms with van der Waals surface area (Å²) in [7, 11) is 1.96. The van der Waals surface area contributed by atoms with Crippen molar-refractivity contribution in [3.8, 4) is 0 Å². The van der Waals surface area contributed by atoms with E-state index >= 15 is 0 Å². The third kappa shape index (κ3) is 7.28. The number of aromatic nitrogens is 1. The van der Waals surface area contributed by atoms with E-state index < -0.39 is 12.0 Å². The lowest BCUT2D eigenvalue weighted by Gasteiger charge is -2.31. The number of nitrogen functional groups attached to an aromatic ring is 1. The van der Waals surface area contributed by atoms with Crippen LogP contribution in [0.4, 0.5) is 0 Å². The summed E-state index contributed by atoms with van der Waals surface area (Å²) in [5.41, 5.74) is 9.14. The predicted molar refractivity (Wildman–Crippen MR) is 148 cm³/mol. The third-order valence-electron chi connectivity index (χ3n) is 7.44. The molecule has 3 aromatic rings. The molecule has 2 amide bonds. The molecule has 1 fully saturated rings. The van der Waals surface area contributed by atoms with Crippen LogP contribution in [0.5, 0.6) is 0 Å². The number of hydrogen-bond acceptors (Lipinski definition) is 3. The van der Waals surface area contributed by atoms with Crippen LogP contribution in [0.2, 0.25) is 0 Å². The Morgan fingerprint density at radius 3 is 2.21 bits per heavy atom. The largest absolute Gasteiger partial charge is 0.384 e. The van der Waals surface area contributed by atoms with Gasteiger partial charge < -0.3 is 16.4 Å². The summed E-state index contributed by atoms with van der Waals surface area (Å²) in [6.07, 6.45) is 9.57. The number of rotatable bonds is 10. The first-order valence-electron chi connectivity index (χ1n) is 13.4. The highest BCUT2D eigenvalue weighted by atomic mass is 16.2. The van der Waals surface area contributed by atoms with Crippen molar-refractivity contribution in [2.75, 3.05) is 0 Å².